The minimum atomic E-state index is 0.568. The first-order valence-electron chi connectivity index (χ1n) is 5.89. The average molecular weight is 308 g/mol. The van der Waals surface area contributed by atoms with Gasteiger partial charge in [0, 0.05) is 11.1 Å². The lowest BCUT2D eigenvalue weighted by Gasteiger charge is -2.14. The summed E-state index contributed by atoms with van der Waals surface area (Å²) in [4.78, 5) is 0. The fourth-order valence-corrected chi connectivity index (χ4v) is 3.41. The second-order valence-electron chi connectivity index (χ2n) is 4.46. The van der Waals surface area contributed by atoms with Gasteiger partial charge in [0.05, 0.1) is 17.8 Å². The normalized spacial score (nSPS) is 13.7. The summed E-state index contributed by atoms with van der Waals surface area (Å²) in [6.45, 7) is 0. The molecule has 1 aromatic heterocycles. The lowest BCUT2D eigenvalue weighted by molar-refractivity contribution is 0.413. The van der Waals surface area contributed by atoms with Crippen LogP contribution in [0.15, 0.2) is 16.7 Å². The van der Waals surface area contributed by atoms with Gasteiger partial charge in [-0.1, -0.05) is 0 Å². The monoisotopic (exact) mass is 307 g/mol. The Morgan fingerprint density at radius 3 is 2.89 bits per heavy atom. The van der Waals surface area contributed by atoms with E-state index in [0.29, 0.717) is 5.82 Å². The summed E-state index contributed by atoms with van der Waals surface area (Å²) in [6.07, 6.45) is 5.15. The van der Waals surface area contributed by atoms with Gasteiger partial charge in [0.15, 0.2) is 0 Å². The molecule has 0 fully saturated rings. The molecule has 3 rings (SSSR count). The summed E-state index contributed by atoms with van der Waals surface area (Å²) < 4.78 is 6.59. The maximum absolute atomic E-state index is 5.90. The van der Waals surface area contributed by atoms with Crippen LogP contribution in [0.3, 0.4) is 0 Å². The van der Waals surface area contributed by atoms with Gasteiger partial charge < -0.3 is 10.5 Å². The summed E-state index contributed by atoms with van der Waals surface area (Å²) in [5.74, 6) is 1.40. The first kappa shape index (κ1) is 11.6. The van der Waals surface area contributed by atoms with Crippen LogP contribution in [0.2, 0.25) is 0 Å². The van der Waals surface area contributed by atoms with Crippen LogP contribution in [0.25, 0.3) is 11.1 Å². The van der Waals surface area contributed by atoms with Gasteiger partial charge in [0.25, 0.3) is 0 Å². The fourth-order valence-electron chi connectivity index (χ4n) is 2.58. The Hall–Kier alpha value is -1.49. The predicted octanol–water partition coefficient (Wildman–Crippen LogP) is 2.92. The van der Waals surface area contributed by atoms with Gasteiger partial charge in [-0.25, -0.2) is 0 Å². The van der Waals surface area contributed by atoms with Crippen molar-refractivity contribution in [3.05, 3.63) is 27.9 Å². The van der Waals surface area contributed by atoms with Crippen molar-refractivity contribution in [2.24, 2.45) is 0 Å². The van der Waals surface area contributed by atoms with Crippen LogP contribution < -0.4 is 10.5 Å². The standard InChI is InChI=1S/C13H14BrN3O/c1-18-12-9(10-6-16-17-13(10)15)5-7-3-2-4-8(7)11(12)14/h5-6H,2-4H2,1H3,(H3,15,16,17). The first-order valence-corrected chi connectivity index (χ1v) is 6.69. The molecule has 0 amide bonds. The largest absolute Gasteiger partial charge is 0.495 e. The molecule has 3 N–H and O–H groups in total. The molecule has 0 radical (unpaired) electrons. The van der Waals surface area contributed by atoms with E-state index < -0.39 is 0 Å². The van der Waals surface area contributed by atoms with Crippen molar-refractivity contribution >= 4 is 21.7 Å². The molecule has 0 atom stereocenters. The fraction of sp³-hybridized carbons (Fsp3) is 0.308. The van der Waals surface area contributed by atoms with Gasteiger partial charge in [-0.15, -0.1) is 0 Å². The van der Waals surface area contributed by atoms with Crippen LogP contribution in [-0.2, 0) is 12.8 Å². The minimum Gasteiger partial charge on any atom is -0.495 e. The Balaban J connectivity index is 2.27. The zero-order valence-electron chi connectivity index (χ0n) is 10.1. The number of aryl methyl sites for hydroxylation is 1. The predicted molar refractivity (Wildman–Crippen MR) is 74.7 cm³/mol. The third-order valence-corrected chi connectivity index (χ3v) is 4.29. The number of nitrogen functional groups attached to an aromatic ring is 1. The molecule has 0 saturated carbocycles. The Morgan fingerprint density at radius 1 is 1.39 bits per heavy atom. The van der Waals surface area contributed by atoms with Crippen molar-refractivity contribution in [1.29, 1.82) is 0 Å². The highest BCUT2D eigenvalue weighted by atomic mass is 79.9. The lowest BCUT2D eigenvalue weighted by Crippen LogP contribution is -1.96. The van der Waals surface area contributed by atoms with Crippen LogP contribution in [0.1, 0.15) is 17.5 Å². The van der Waals surface area contributed by atoms with Gasteiger partial charge in [-0.05, 0) is 52.4 Å². The molecular formula is C13H14BrN3O. The van der Waals surface area contributed by atoms with E-state index >= 15 is 0 Å². The maximum Gasteiger partial charge on any atom is 0.141 e. The van der Waals surface area contributed by atoms with E-state index in [0.717, 1.165) is 34.2 Å². The Bertz CT molecular complexity index is 607. The third-order valence-electron chi connectivity index (χ3n) is 3.45. The minimum absolute atomic E-state index is 0.568. The number of anilines is 1. The van der Waals surface area contributed by atoms with Crippen LogP contribution >= 0.6 is 15.9 Å². The number of hydrogen-bond acceptors (Lipinski definition) is 3. The quantitative estimate of drug-likeness (QED) is 0.896. The summed E-state index contributed by atoms with van der Waals surface area (Å²) in [6, 6.07) is 2.17. The zero-order valence-corrected chi connectivity index (χ0v) is 11.7. The summed E-state index contributed by atoms with van der Waals surface area (Å²) in [5.41, 5.74) is 10.5. The number of hydrogen-bond donors (Lipinski definition) is 2. The van der Waals surface area contributed by atoms with Crippen molar-refractivity contribution in [2.75, 3.05) is 12.8 Å². The molecule has 0 bridgehead atoms. The maximum atomic E-state index is 5.90. The van der Waals surface area contributed by atoms with Crippen molar-refractivity contribution in [3.63, 3.8) is 0 Å². The second kappa shape index (κ2) is 4.31. The molecule has 94 valence electrons. The van der Waals surface area contributed by atoms with Gasteiger partial charge in [0.1, 0.15) is 11.6 Å². The molecule has 1 aromatic carbocycles. The number of halogens is 1. The summed E-state index contributed by atoms with van der Waals surface area (Å²) >= 11 is 3.66. The number of aromatic nitrogens is 2. The van der Waals surface area contributed by atoms with E-state index in [4.69, 9.17) is 10.5 Å². The van der Waals surface area contributed by atoms with E-state index in [1.165, 1.54) is 17.5 Å². The number of nitrogens with zero attached hydrogens (tertiary/aromatic N) is 1. The summed E-state index contributed by atoms with van der Waals surface area (Å²) in [7, 11) is 1.68. The molecule has 18 heavy (non-hydrogen) atoms. The number of fused-ring (bicyclic) bond motifs is 1. The lowest BCUT2D eigenvalue weighted by atomic mass is 10.0. The van der Waals surface area contributed by atoms with E-state index in [-0.39, 0.29) is 0 Å². The number of rotatable bonds is 2. The highest BCUT2D eigenvalue weighted by Crippen LogP contribution is 2.44. The molecule has 0 spiro atoms. The first-order chi connectivity index (χ1) is 8.72. The SMILES string of the molecule is COc1c(-c2cn[nH]c2N)cc2c(c1Br)CCC2. The Kier molecular flexibility index (Phi) is 2.78. The number of nitrogens with one attached hydrogen (secondary N) is 1. The summed E-state index contributed by atoms with van der Waals surface area (Å²) in [5, 5.41) is 6.74. The van der Waals surface area contributed by atoms with Crippen molar-refractivity contribution in [3.8, 4) is 16.9 Å². The number of methoxy groups -OCH3 is 1. The van der Waals surface area contributed by atoms with Crippen molar-refractivity contribution in [2.45, 2.75) is 19.3 Å². The van der Waals surface area contributed by atoms with Crippen LogP contribution in [0, 0.1) is 0 Å². The molecule has 5 heteroatoms. The molecule has 0 aliphatic heterocycles. The van der Waals surface area contributed by atoms with Crippen LogP contribution in [0.5, 0.6) is 5.75 Å². The average Bonchev–Trinajstić information content (AvgIpc) is 2.97. The van der Waals surface area contributed by atoms with E-state index in [1.54, 1.807) is 13.3 Å². The highest BCUT2D eigenvalue weighted by Gasteiger charge is 2.22. The van der Waals surface area contributed by atoms with Crippen LogP contribution in [-0.4, -0.2) is 17.3 Å². The van der Waals surface area contributed by atoms with Crippen molar-refractivity contribution in [1.82, 2.24) is 10.2 Å². The van der Waals surface area contributed by atoms with Gasteiger partial charge in [0.2, 0.25) is 0 Å². The second-order valence-corrected chi connectivity index (χ2v) is 5.25. The van der Waals surface area contributed by atoms with E-state index in [2.05, 4.69) is 32.2 Å². The number of benzene rings is 1. The van der Waals surface area contributed by atoms with E-state index in [1.807, 2.05) is 0 Å². The number of nitrogens with two attached hydrogens (primary N) is 1. The Morgan fingerprint density at radius 2 is 2.22 bits per heavy atom. The Labute approximate surface area is 114 Å². The molecular weight excluding hydrogens is 294 g/mol. The van der Waals surface area contributed by atoms with Crippen molar-refractivity contribution < 1.29 is 4.74 Å². The van der Waals surface area contributed by atoms with Gasteiger partial charge >= 0.3 is 0 Å². The third kappa shape index (κ3) is 1.61. The van der Waals surface area contributed by atoms with Crippen LogP contribution in [0.4, 0.5) is 5.82 Å². The molecule has 0 unspecified atom stereocenters. The highest BCUT2D eigenvalue weighted by molar-refractivity contribution is 9.10. The topological polar surface area (TPSA) is 63.9 Å². The molecule has 1 aliphatic rings. The molecule has 4 nitrogen and oxygen atoms in total. The van der Waals surface area contributed by atoms with Gasteiger partial charge in [-0.3, -0.25) is 5.10 Å². The number of ether oxygens (including phenoxy) is 1. The molecule has 1 aliphatic carbocycles. The smallest absolute Gasteiger partial charge is 0.141 e. The van der Waals surface area contributed by atoms with Gasteiger partial charge in [-0.2, -0.15) is 5.10 Å². The molecule has 2 aromatic rings. The number of H-pyrrole nitrogens is 1. The molecule has 0 saturated heterocycles. The number of aromatic amines is 1. The molecule has 1 heterocycles. The zero-order chi connectivity index (χ0) is 12.7. The van der Waals surface area contributed by atoms with E-state index in [9.17, 15) is 0 Å².